The molecular weight excluding hydrogens is 316 g/mol. The second kappa shape index (κ2) is 6.04. The summed E-state index contributed by atoms with van der Waals surface area (Å²) in [6, 6.07) is 6.96. The van der Waals surface area contributed by atoms with Crippen LogP contribution in [0.2, 0.25) is 5.02 Å². The standard InChI is InChI=1S/C17H21ClN2O3/c1-11(13-6-2-3-7-14(13)18)19-16(23)20-9-12-5-4-8-17(12,10-20)15(21)22/h2-3,6-7,11-12H,4-5,8-10H2,1H3,(H,19,23)(H,21,22)/t11-,12+,17-/m1/s1. The highest BCUT2D eigenvalue weighted by Gasteiger charge is 2.55. The highest BCUT2D eigenvalue weighted by atomic mass is 35.5. The molecule has 1 aliphatic heterocycles. The van der Waals surface area contributed by atoms with Gasteiger partial charge in [0.05, 0.1) is 11.5 Å². The average molecular weight is 337 g/mol. The van der Waals surface area contributed by atoms with E-state index in [1.165, 1.54) is 0 Å². The lowest BCUT2D eigenvalue weighted by Gasteiger charge is -2.24. The fourth-order valence-corrected chi connectivity index (χ4v) is 4.27. The number of nitrogens with one attached hydrogen (secondary N) is 1. The molecule has 2 N–H and O–H groups in total. The van der Waals surface area contributed by atoms with Gasteiger partial charge in [0.25, 0.3) is 0 Å². The zero-order valence-corrected chi connectivity index (χ0v) is 13.8. The number of carboxylic acid groups (broad SMARTS) is 1. The summed E-state index contributed by atoms with van der Waals surface area (Å²) in [6.45, 7) is 2.70. The normalized spacial score (nSPS) is 27.6. The molecule has 23 heavy (non-hydrogen) atoms. The Labute approximate surface area is 140 Å². The minimum Gasteiger partial charge on any atom is -0.481 e. The third-order valence-corrected chi connectivity index (χ3v) is 5.64. The van der Waals surface area contributed by atoms with Crippen LogP contribution in [0.4, 0.5) is 4.79 Å². The van der Waals surface area contributed by atoms with E-state index in [1.807, 2.05) is 25.1 Å². The zero-order chi connectivity index (χ0) is 16.6. The third kappa shape index (κ3) is 2.78. The summed E-state index contributed by atoms with van der Waals surface area (Å²) < 4.78 is 0. The second-order valence-corrected chi connectivity index (χ2v) is 7.03. The number of carboxylic acids is 1. The molecule has 3 atom stereocenters. The van der Waals surface area contributed by atoms with E-state index in [2.05, 4.69) is 5.32 Å². The van der Waals surface area contributed by atoms with Crippen LogP contribution >= 0.6 is 11.6 Å². The number of fused-ring (bicyclic) bond motifs is 1. The maximum absolute atomic E-state index is 12.5. The van der Waals surface area contributed by atoms with Crippen LogP contribution < -0.4 is 5.32 Å². The van der Waals surface area contributed by atoms with Gasteiger partial charge in [0, 0.05) is 18.1 Å². The van der Waals surface area contributed by atoms with Crippen LogP contribution in [0.15, 0.2) is 24.3 Å². The van der Waals surface area contributed by atoms with Gasteiger partial charge in [-0.3, -0.25) is 4.79 Å². The van der Waals surface area contributed by atoms with E-state index in [1.54, 1.807) is 11.0 Å². The van der Waals surface area contributed by atoms with Crippen LogP contribution in [0.3, 0.4) is 0 Å². The van der Waals surface area contributed by atoms with Crippen LogP contribution in [0.25, 0.3) is 0 Å². The lowest BCUT2D eigenvalue weighted by Crippen LogP contribution is -2.42. The predicted octanol–water partition coefficient (Wildman–Crippen LogP) is 3.30. The molecular formula is C17H21ClN2O3. The van der Waals surface area contributed by atoms with Gasteiger partial charge in [-0.15, -0.1) is 0 Å². The Morgan fingerprint density at radius 2 is 2.17 bits per heavy atom. The van der Waals surface area contributed by atoms with Crippen molar-refractivity contribution in [3.63, 3.8) is 0 Å². The molecule has 0 unspecified atom stereocenters. The van der Waals surface area contributed by atoms with Gasteiger partial charge in [0.2, 0.25) is 0 Å². The van der Waals surface area contributed by atoms with Crippen molar-refractivity contribution in [3.8, 4) is 0 Å². The van der Waals surface area contributed by atoms with E-state index < -0.39 is 11.4 Å². The van der Waals surface area contributed by atoms with E-state index in [0.29, 0.717) is 24.5 Å². The molecule has 2 amide bonds. The topological polar surface area (TPSA) is 69.6 Å². The van der Waals surface area contributed by atoms with Crippen LogP contribution in [-0.4, -0.2) is 35.1 Å². The number of likely N-dealkylation sites (tertiary alicyclic amines) is 1. The lowest BCUT2D eigenvalue weighted by molar-refractivity contribution is -0.149. The average Bonchev–Trinajstić information content (AvgIpc) is 3.05. The molecule has 2 fully saturated rings. The maximum atomic E-state index is 12.5. The number of hydrogen-bond acceptors (Lipinski definition) is 2. The van der Waals surface area contributed by atoms with Crippen LogP contribution in [0, 0.1) is 11.3 Å². The first-order valence-electron chi connectivity index (χ1n) is 7.97. The van der Waals surface area contributed by atoms with Gasteiger partial charge in [-0.25, -0.2) is 4.79 Å². The Balaban J connectivity index is 1.68. The largest absolute Gasteiger partial charge is 0.481 e. The molecule has 0 bridgehead atoms. The van der Waals surface area contributed by atoms with Crippen molar-refractivity contribution in [2.24, 2.45) is 11.3 Å². The van der Waals surface area contributed by atoms with E-state index in [4.69, 9.17) is 11.6 Å². The van der Waals surface area contributed by atoms with E-state index in [0.717, 1.165) is 18.4 Å². The molecule has 0 spiro atoms. The number of amides is 2. The maximum Gasteiger partial charge on any atom is 0.317 e. The van der Waals surface area contributed by atoms with E-state index >= 15 is 0 Å². The number of benzene rings is 1. The number of carbonyl (C=O) groups is 2. The highest BCUT2D eigenvalue weighted by Crippen LogP contribution is 2.48. The smallest absolute Gasteiger partial charge is 0.317 e. The SMILES string of the molecule is C[C@@H](NC(=O)N1C[C@@H]2CCC[C@@]2(C(=O)O)C1)c1ccccc1Cl. The van der Waals surface area contributed by atoms with Crippen molar-refractivity contribution in [3.05, 3.63) is 34.9 Å². The van der Waals surface area contributed by atoms with Gasteiger partial charge >= 0.3 is 12.0 Å². The Morgan fingerprint density at radius 3 is 2.83 bits per heavy atom. The molecule has 1 saturated heterocycles. The Bertz CT molecular complexity index is 636. The summed E-state index contributed by atoms with van der Waals surface area (Å²) in [5.41, 5.74) is 0.111. The van der Waals surface area contributed by atoms with Crippen LogP contribution in [0.1, 0.15) is 37.8 Å². The zero-order valence-electron chi connectivity index (χ0n) is 13.1. The molecule has 1 aromatic carbocycles. The van der Waals surface area contributed by atoms with Crippen molar-refractivity contribution in [1.82, 2.24) is 10.2 Å². The van der Waals surface area contributed by atoms with Gasteiger partial charge in [-0.2, -0.15) is 0 Å². The number of halogens is 1. The monoisotopic (exact) mass is 336 g/mol. The Kier molecular flexibility index (Phi) is 4.23. The van der Waals surface area contributed by atoms with Gasteiger partial charge < -0.3 is 15.3 Å². The molecule has 3 rings (SSSR count). The van der Waals surface area contributed by atoms with Gasteiger partial charge in [0.15, 0.2) is 0 Å². The van der Waals surface area contributed by atoms with Crippen LogP contribution in [0.5, 0.6) is 0 Å². The summed E-state index contributed by atoms with van der Waals surface area (Å²) in [5.74, 6) is -0.698. The van der Waals surface area contributed by atoms with E-state index in [-0.39, 0.29) is 18.0 Å². The molecule has 1 aromatic rings. The summed E-state index contributed by atoms with van der Waals surface area (Å²) >= 11 is 6.16. The molecule has 0 radical (unpaired) electrons. The van der Waals surface area contributed by atoms with Gasteiger partial charge in [-0.1, -0.05) is 36.2 Å². The first-order valence-corrected chi connectivity index (χ1v) is 8.35. The molecule has 1 heterocycles. The highest BCUT2D eigenvalue weighted by molar-refractivity contribution is 6.31. The van der Waals surface area contributed by atoms with Crippen molar-refractivity contribution in [2.75, 3.05) is 13.1 Å². The minimum atomic E-state index is -0.769. The summed E-state index contributed by atoms with van der Waals surface area (Å²) in [7, 11) is 0. The number of hydrogen-bond donors (Lipinski definition) is 2. The fourth-order valence-electron chi connectivity index (χ4n) is 3.97. The molecule has 1 aliphatic carbocycles. The molecule has 1 saturated carbocycles. The molecule has 5 nitrogen and oxygen atoms in total. The molecule has 6 heteroatoms. The van der Waals surface area contributed by atoms with Gasteiger partial charge in [0.1, 0.15) is 0 Å². The second-order valence-electron chi connectivity index (χ2n) is 6.62. The first-order chi connectivity index (χ1) is 10.9. The summed E-state index contributed by atoms with van der Waals surface area (Å²) in [5, 5.41) is 13.1. The quantitative estimate of drug-likeness (QED) is 0.889. The predicted molar refractivity (Wildman–Crippen MR) is 87.4 cm³/mol. The number of urea groups is 1. The number of nitrogens with zero attached hydrogens (tertiary/aromatic N) is 1. The Hall–Kier alpha value is -1.75. The first kappa shape index (κ1) is 16.1. The van der Waals surface area contributed by atoms with Crippen molar-refractivity contribution in [2.45, 2.75) is 32.2 Å². The number of carbonyl (C=O) groups excluding carboxylic acids is 1. The summed E-state index contributed by atoms with van der Waals surface area (Å²) in [6.07, 6.45) is 2.48. The van der Waals surface area contributed by atoms with Gasteiger partial charge in [-0.05, 0) is 37.3 Å². The van der Waals surface area contributed by atoms with Crippen molar-refractivity contribution >= 4 is 23.6 Å². The lowest BCUT2D eigenvalue weighted by atomic mass is 9.81. The molecule has 2 aliphatic rings. The minimum absolute atomic E-state index is 0.0707. The molecule has 0 aromatic heterocycles. The molecule has 124 valence electrons. The fraction of sp³-hybridized carbons (Fsp3) is 0.529. The third-order valence-electron chi connectivity index (χ3n) is 5.30. The summed E-state index contributed by atoms with van der Waals surface area (Å²) in [4.78, 5) is 25.8. The van der Waals surface area contributed by atoms with Crippen LogP contribution in [-0.2, 0) is 4.79 Å². The number of aliphatic carboxylic acids is 1. The van der Waals surface area contributed by atoms with E-state index in [9.17, 15) is 14.7 Å². The Morgan fingerprint density at radius 1 is 1.43 bits per heavy atom. The number of rotatable bonds is 3. The van der Waals surface area contributed by atoms with Crippen molar-refractivity contribution < 1.29 is 14.7 Å². The van der Waals surface area contributed by atoms with Crippen molar-refractivity contribution in [1.29, 1.82) is 0 Å².